The average Bonchev–Trinajstić information content (AvgIpc) is 2.58. The number of aryl methyl sites for hydroxylation is 5. The van der Waals surface area contributed by atoms with Gasteiger partial charge in [-0.2, -0.15) is 0 Å². The first-order valence-electron chi connectivity index (χ1n) is 9.54. The van der Waals surface area contributed by atoms with Gasteiger partial charge < -0.3 is 10.6 Å². The number of anilines is 1. The van der Waals surface area contributed by atoms with E-state index in [1.165, 1.54) is 16.7 Å². The van der Waals surface area contributed by atoms with E-state index < -0.39 is 0 Å². The molecule has 5 nitrogen and oxygen atoms in total. The second kappa shape index (κ2) is 9.51. The Morgan fingerprint density at radius 3 is 2.07 bits per heavy atom. The lowest BCUT2D eigenvalue weighted by Gasteiger charge is -2.18. The van der Waals surface area contributed by atoms with Gasteiger partial charge in [-0.3, -0.25) is 14.5 Å². The third-order valence-electron chi connectivity index (χ3n) is 4.74. The van der Waals surface area contributed by atoms with Gasteiger partial charge >= 0.3 is 0 Å². The summed E-state index contributed by atoms with van der Waals surface area (Å²) >= 11 is 0. The highest BCUT2D eigenvalue weighted by atomic mass is 16.2. The van der Waals surface area contributed by atoms with E-state index in [0.29, 0.717) is 6.54 Å². The number of hydrogen-bond acceptors (Lipinski definition) is 3. The van der Waals surface area contributed by atoms with Crippen LogP contribution in [0.3, 0.4) is 0 Å². The zero-order valence-corrected chi connectivity index (χ0v) is 17.8. The summed E-state index contributed by atoms with van der Waals surface area (Å²) in [6, 6.07) is 10.4. The summed E-state index contributed by atoms with van der Waals surface area (Å²) in [5.74, 6) is -0.389. The van der Waals surface area contributed by atoms with Crippen molar-refractivity contribution in [2.75, 3.05) is 25.5 Å². The Morgan fingerprint density at radius 1 is 0.857 bits per heavy atom. The highest BCUT2D eigenvalue weighted by Gasteiger charge is 2.12. The van der Waals surface area contributed by atoms with Gasteiger partial charge in [0.25, 0.3) is 0 Å². The van der Waals surface area contributed by atoms with E-state index in [4.69, 9.17) is 0 Å². The zero-order valence-electron chi connectivity index (χ0n) is 17.8. The van der Waals surface area contributed by atoms with E-state index in [-0.39, 0.29) is 24.9 Å². The molecule has 0 spiro atoms. The smallest absolute Gasteiger partial charge is 0.243 e. The van der Waals surface area contributed by atoms with E-state index in [2.05, 4.69) is 42.7 Å². The zero-order chi connectivity index (χ0) is 20.8. The number of amides is 2. The summed E-state index contributed by atoms with van der Waals surface area (Å²) in [6.45, 7) is 11.0. The lowest BCUT2D eigenvalue weighted by Crippen LogP contribution is -2.39. The van der Waals surface area contributed by atoms with Crippen LogP contribution in [0.25, 0.3) is 0 Å². The van der Waals surface area contributed by atoms with Crippen molar-refractivity contribution in [3.05, 3.63) is 63.7 Å². The Morgan fingerprint density at radius 2 is 1.46 bits per heavy atom. The molecule has 0 atom stereocenters. The topological polar surface area (TPSA) is 61.4 Å². The molecule has 28 heavy (non-hydrogen) atoms. The third-order valence-corrected chi connectivity index (χ3v) is 4.74. The van der Waals surface area contributed by atoms with Crippen molar-refractivity contribution in [1.82, 2.24) is 10.2 Å². The molecule has 0 heterocycles. The fourth-order valence-electron chi connectivity index (χ4n) is 3.41. The molecule has 0 aliphatic rings. The van der Waals surface area contributed by atoms with Gasteiger partial charge in [0.15, 0.2) is 0 Å². The number of nitrogens with one attached hydrogen (secondary N) is 2. The summed E-state index contributed by atoms with van der Waals surface area (Å²) in [7, 11) is 1.90. The van der Waals surface area contributed by atoms with Crippen molar-refractivity contribution in [3.63, 3.8) is 0 Å². The second-order valence-corrected chi connectivity index (χ2v) is 7.70. The van der Waals surface area contributed by atoms with Gasteiger partial charge in [-0.15, -0.1) is 0 Å². The number of carbonyl (C=O) groups is 2. The number of hydrogen-bond donors (Lipinski definition) is 2. The molecule has 150 valence electrons. The summed E-state index contributed by atoms with van der Waals surface area (Å²) in [6.07, 6.45) is 0. The van der Waals surface area contributed by atoms with Crippen molar-refractivity contribution in [2.45, 2.75) is 41.2 Å². The lowest BCUT2D eigenvalue weighted by molar-refractivity contribution is -0.124. The predicted octanol–water partition coefficient (Wildman–Crippen LogP) is 3.42. The molecule has 0 saturated carbocycles. The van der Waals surface area contributed by atoms with Gasteiger partial charge in [-0.05, 0) is 63.9 Å². The molecule has 0 fully saturated rings. The molecule has 2 aromatic carbocycles. The SMILES string of the molecule is Cc1ccc(CN(C)CC(=O)NCC(=O)Nc2c(C)cc(C)cc2C)c(C)c1. The molecule has 2 N–H and O–H groups in total. The van der Waals surface area contributed by atoms with Gasteiger partial charge in [0.05, 0.1) is 13.1 Å². The van der Waals surface area contributed by atoms with Crippen LogP contribution in [0, 0.1) is 34.6 Å². The van der Waals surface area contributed by atoms with Crippen LogP contribution in [0.5, 0.6) is 0 Å². The Labute approximate surface area is 168 Å². The minimum atomic E-state index is -0.222. The van der Waals surface area contributed by atoms with E-state index in [1.54, 1.807) is 0 Å². The monoisotopic (exact) mass is 381 g/mol. The van der Waals surface area contributed by atoms with Crippen molar-refractivity contribution in [1.29, 1.82) is 0 Å². The maximum Gasteiger partial charge on any atom is 0.243 e. The van der Waals surface area contributed by atoms with Gasteiger partial charge in [-0.1, -0.05) is 41.5 Å². The summed E-state index contributed by atoms with van der Waals surface area (Å²) in [5.41, 5.74) is 7.66. The molecule has 2 rings (SSSR count). The molecule has 0 saturated heterocycles. The normalized spacial score (nSPS) is 10.8. The highest BCUT2D eigenvalue weighted by Crippen LogP contribution is 2.21. The second-order valence-electron chi connectivity index (χ2n) is 7.70. The molecule has 5 heteroatoms. The molecule has 0 aliphatic heterocycles. The quantitative estimate of drug-likeness (QED) is 0.773. The highest BCUT2D eigenvalue weighted by molar-refractivity contribution is 5.96. The predicted molar refractivity (Wildman–Crippen MR) is 115 cm³/mol. The van der Waals surface area contributed by atoms with E-state index in [9.17, 15) is 9.59 Å². The molecule has 2 aromatic rings. The van der Waals surface area contributed by atoms with Crippen LogP contribution in [0.4, 0.5) is 5.69 Å². The first-order chi connectivity index (χ1) is 13.2. The van der Waals surface area contributed by atoms with Crippen molar-refractivity contribution < 1.29 is 9.59 Å². The number of benzene rings is 2. The Bertz CT molecular complexity index is 851. The van der Waals surface area contributed by atoms with Gasteiger partial charge in [0.1, 0.15) is 0 Å². The maximum atomic E-state index is 12.2. The van der Waals surface area contributed by atoms with Gasteiger partial charge in [0.2, 0.25) is 11.8 Å². The fraction of sp³-hybridized carbons (Fsp3) is 0.391. The molecular weight excluding hydrogens is 350 g/mol. The van der Waals surface area contributed by atoms with Crippen molar-refractivity contribution in [3.8, 4) is 0 Å². The molecule has 0 bridgehead atoms. The number of rotatable bonds is 7. The third kappa shape index (κ3) is 6.20. The standard InChI is InChI=1S/C23H31N3O2/c1-15-7-8-20(17(3)9-15)13-26(6)14-22(28)24-12-21(27)25-23-18(4)10-16(2)11-19(23)5/h7-11H,12-14H2,1-6H3,(H,24,28)(H,25,27). The number of carbonyl (C=O) groups excluding carboxylic acids is 2. The number of nitrogens with zero attached hydrogens (tertiary/aromatic N) is 1. The van der Waals surface area contributed by atoms with Gasteiger partial charge in [0, 0.05) is 12.2 Å². The largest absolute Gasteiger partial charge is 0.346 e. The summed E-state index contributed by atoms with van der Waals surface area (Å²) in [5, 5.41) is 5.60. The molecule has 0 unspecified atom stereocenters. The molecule has 0 aliphatic carbocycles. The van der Waals surface area contributed by atoms with E-state index in [0.717, 1.165) is 22.4 Å². The van der Waals surface area contributed by atoms with Crippen LogP contribution in [-0.4, -0.2) is 36.9 Å². The van der Waals surface area contributed by atoms with Crippen LogP contribution in [0.1, 0.15) is 33.4 Å². The lowest BCUT2D eigenvalue weighted by atomic mass is 10.1. The Balaban J connectivity index is 1.82. The minimum absolute atomic E-state index is 0.0387. The Kier molecular flexibility index (Phi) is 7.35. The van der Waals surface area contributed by atoms with Crippen molar-refractivity contribution >= 4 is 17.5 Å². The summed E-state index contributed by atoms with van der Waals surface area (Å²) < 4.78 is 0. The maximum absolute atomic E-state index is 12.2. The molecule has 0 radical (unpaired) electrons. The Hall–Kier alpha value is -2.66. The van der Waals surface area contributed by atoms with Crippen LogP contribution >= 0.6 is 0 Å². The van der Waals surface area contributed by atoms with Crippen LogP contribution in [-0.2, 0) is 16.1 Å². The van der Waals surface area contributed by atoms with E-state index >= 15 is 0 Å². The molecule has 0 aromatic heterocycles. The van der Waals surface area contributed by atoms with Crippen LogP contribution in [0.15, 0.2) is 30.3 Å². The van der Waals surface area contributed by atoms with Crippen LogP contribution < -0.4 is 10.6 Å². The van der Waals surface area contributed by atoms with Gasteiger partial charge in [-0.25, -0.2) is 0 Å². The average molecular weight is 382 g/mol. The van der Waals surface area contributed by atoms with Crippen molar-refractivity contribution in [2.24, 2.45) is 0 Å². The molecular formula is C23H31N3O2. The first kappa shape index (κ1) is 21.6. The molecule has 2 amide bonds. The fourth-order valence-corrected chi connectivity index (χ4v) is 3.41. The van der Waals surface area contributed by atoms with Crippen LogP contribution in [0.2, 0.25) is 0 Å². The summed E-state index contributed by atoms with van der Waals surface area (Å²) in [4.78, 5) is 26.3. The number of likely N-dealkylation sites (N-methyl/N-ethyl adjacent to an activating group) is 1. The minimum Gasteiger partial charge on any atom is -0.346 e. The van der Waals surface area contributed by atoms with E-state index in [1.807, 2.05) is 44.9 Å². The first-order valence-corrected chi connectivity index (χ1v) is 9.54.